The highest BCUT2D eigenvalue weighted by atomic mass is 32.1. The Hall–Kier alpha value is -3.14. The minimum absolute atomic E-state index is 0.231. The monoisotopic (exact) mass is 397 g/mol. The molecule has 0 aliphatic carbocycles. The summed E-state index contributed by atoms with van der Waals surface area (Å²) in [4.78, 5) is 22.1. The summed E-state index contributed by atoms with van der Waals surface area (Å²) in [5, 5.41) is 9.73. The van der Waals surface area contributed by atoms with Gasteiger partial charge in [0.2, 0.25) is 0 Å². The van der Waals surface area contributed by atoms with Crippen molar-refractivity contribution in [1.82, 2.24) is 34.0 Å². The smallest absolute Gasteiger partial charge is 0.254 e. The molecule has 1 aliphatic rings. The highest BCUT2D eigenvalue weighted by Crippen LogP contribution is 2.30. The summed E-state index contributed by atoms with van der Waals surface area (Å²) >= 11 is 1.28. The molecule has 0 fully saturated rings. The van der Waals surface area contributed by atoms with E-state index in [1.54, 1.807) is 23.2 Å². The van der Waals surface area contributed by atoms with E-state index in [9.17, 15) is 9.18 Å². The third kappa shape index (κ3) is 2.52. The third-order valence-corrected chi connectivity index (χ3v) is 5.83. The number of rotatable bonds is 2. The van der Waals surface area contributed by atoms with Crippen LogP contribution in [0.2, 0.25) is 0 Å². The van der Waals surface area contributed by atoms with Gasteiger partial charge in [-0.3, -0.25) is 4.79 Å². The van der Waals surface area contributed by atoms with E-state index in [-0.39, 0.29) is 11.9 Å². The Morgan fingerprint density at radius 2 is 2.18 bits per heavy atom. The van der Waals surface area contributed by atoms with E-state index >= 15 is 0 Å². The van der Waals surface area contributed by atoms with Gasteiger partial charge in [-0.1, -0.05) is 0 Å². The number of nitrogens with zero attached hydrogens (tertiary/aromatic N) is 6. The molecule has 10 heteroatoms. The van der Waals surface area contributed by atoms with Crippen LogP contribution in [0.1, 0.15) is 35.0 Å². The molecule has 0 radical (unpaired) electrons. The number of H-pyrrole nitrogens is 1. The molecule has 142 valence electrons. The van der Waals surface area contributed by atoms with Crippen molar-refractivity contribution in [2.45, 2.75) is 26.4 Å². The van der Waals surface area contributed by atoms with Crippen LogP contribution in [0.15, 0.2) is 24.4 Å². The SMILES string of the molecule is Cc1nsc(-c2nnc3n2CCN(C(=O)c2cc(F)c4cc[nH]c4c2)[C@@H]3C)n1. The maximum Gasteiger partial charge on any atom is 0.254 e. The van der Waals surface area contributed by atoms with E-state index in [0.717, 1.165) is 0 Å². The van der Waals surface area contributed by atoms with E-state index < -0.39 is 5.82 Å². The van der Waals surface area contributed by atoms with Crippen molar-refractivity contribution >= 4 is 28.3 Å². The number of carbonyl (C=O) groups excluding carboxylic acids is 1. The van der Waals surface area contributed by atoms with Gasteiger partial charge in [0.1, 0.15) is 11.6 Å². The zero-order valence-electron chi connectivity index (χ0n) is 15.2. The number of amides is 1. The van der Waals surface area contributed by atoms with Crippen LogP contribution in [0.5, 0.6) is 0 Å². The number of aryl methyl sites for hydroxylation is 1. The number of halogens is 1. The molecule has 1 amide bonds. The fraction of sp³-hybridized carbons (Fsp3) is 0.278. The van der Waals surface area contributed by atoms with Crippen LogP contribution in [-0.4, -0.2) is 46.5 Å². The number of hydrogen-bond acceptors (Lipinski definition) is 6. The summed E-state index contributed by atoms with van der Waals surface area (Å²) in [6.45, 7) is 4.74. The van der Waals surface area contributed by atoms with E-state index in [1.165, 1.54) is 17.6 Å². The van der Waals surface area contributed by atoms with E-state index in [2.05, 4.69) is 24.5 Å². The standard InChI is InChI=1S/C18H16FN7OS/c1-9-15-22-23-16(17-21-10(2)24-28-17)26(15)6-5-25(9)18(27)11-7-13(19)12-3-4-20-14(12)8-11/h3-4,7-9,20H,5-6H2,1-2H3/t9-/m1/s1. The van der Waals surface area contributed by atoms with Gasteiger partial charge in [0.25, 0.3) is 5.91 Å². The second kappa shape index (κ2) is 6.20. The molecule has 1 N–H and O–H groups in total. The van der Waals surface area contributed by atoms with Crippen LogP contribution in [-0.2, 0) is 6.54 Å². The first-order valence-corrected chi connectivity index (χ1v) is 9.61. The molecule has 3 aromatic heterocycles. The van der Waals surface area contributed by atoms with Crippen molar-refractivity contribution in [1.29, 1.82) is 0 Å². The van der Waals surface area contributed by atoms with Crippen LogP contribution >= 0.6 is 11.5 Å². The Bertz CT molecular complexity index is 1210. The van der Waals surface area contributed by atoms with Crippen LogP contribution in [0.25, 0.3) is 21.7 Å². The molecule has 4 heterocycles. The van der Waals surface area contributed by atoms with E-state index in [1.807, 2.05) is 18.4 Å². The number of aromatic nitrogens is 6. The lowest BCUT2D eigenvalue weighted by atomic mass is 10.1. The van der Waals surface area contributed by atoms with Crippen molar-refractivity contribution in [2.24, 2.45) is 0 Å². The highest BCUT2D eigenvalue weighted by Gasteiger charge is 2.33. The predicted octanol–water partition coefficient (Wildman–Crippen LogP) is 2.94. The lowest BCUT2D eigenvalue weighted by molar-refractivity contribution is 0.0638. The summed E-state index contributed by atoms with van der Waals surface area (Å²) in [5.41, 5.74) is 0.914. The Morgan fingerprint density at radius 1 is 1.32 bits per heavy atom. The molecule has 5 rings (SSSR count). The first-order chi connectivity index (χ1) is 13.5. The van der Waals surface area contributed by atoms with Crippen LogP contribution < -0.4 is 0 Å². The van der Waals surface area contributed by atoms with Gasteiger partial charge in [0, 0.05) is 35.8 Å². The van der Waals surface area contributed by atoms with Crippen LogP contribution in [0.3, 0.4) is 0 Å². The summed E-state index contributed by atoms with van der Waals surface area (Å²) in [5.74, 6) is 1.40. The maximum atomic E-state index is 14.3. The van der Waals surface area contributed by atoms with Gasteiger partial charge in [0.05, 0.1) is 6.04 Å². The fourth-order valence-corrected chi connectivity index (χ4v) is 4.28. The lowest BCUT2D eigenvalue weighted by Gasteiger charge is -2.33. The van der Waals surface area contributed by atoms with Gasteiger partial charge in [-0.2, -0.15) is 4.37 Å². The summed E-state index contributed by atoms with van der Waals surface area (Å²) in [6, 6.07) is 4.34. The predicted molar refractivity (Wildman–Crippen MR) is 101 cm³/mol. The number of aromatic amines is 1. The number of carbonyl (C=O) groups is 1. The van der Waals surface area contributed by atoms with Crippen molar-refractivity contribution in [3.05, 3.63) is 47.4 Å². The summed E-state index contributed by atoms with van der Waals surface area (Å²) in [6.07, 6.45) is 1.66. The molecular formula is C18H16FN7OS. The van der Waals surface area contributed by atoms with Gasteiger partial charge in [0.15, 0.2) is 16.7 Å². The lowest BCUT2D eigenvalue weighted by Crippen LogP contribution is -2.41. The summed E-state index contributed by atoms with van der Waals surface area (Å²) in [7, 11) is 0. The quantitative estimate of drug-likeness (QED) is 0.561. The van der Waals surface area contributed by atoms with Crippen LogP contribution in [0, 0.1) is 12.7 Å². The first-order valence-electron chi connectivity index (χ1n) is 8.84. The molecular weight excluding hydrogens is 381 g/mol. The second-order valence-electron chi connectivity index (χ2n) is 6.75. The molecule has 1 aliphatic heterocycles. The number of nitrogens with one attached hydrogen (secondary N) is 1. The average Bonchev–Trinajstić information content (AvgIpc) is 3.40. The molecule has 0 saturated heterocycles. The van der Waals surface area contributed by atoms with Crippen molar-refractivity contribution in [3.8, 4) is 10.8 Å². The Labute approximate surface area is 163 Å². The normalized spacial score (nSPS) is 16.5. The second-order valence-corrected chi connectivity index (χ2v) is 7.50. The summed E-state index contributed by atoms with van der Waals surface area (Å²) < 4.78 is 20.5. The molecule has 0 saturated carbocycles. The maximum absolute atomic E-state index is 14.3. The number of hydrogen-bond donors (Lipinski definition) is 1. The topological polar surface area (TPSA) is 92.6 Å². The Morgan fingerprint density at radius 3 is 2.96 bits per heavy atom. The zero-order valence-corrected chi connectivity index (χ0v) is 16.0. The van der Waals surface area contributed by atoms with E-state index in [4.69, 9.17) is 0 Å². The number of benzene rings is 1. The van der Waals surface area contributed by atoms with Gasteiger partial charge in [-0.25, -0.2) is 9.37 Å². The average molecular weight is 397 g/mol. The minimum atomic E-state index is -0.413. The molecule has 0 unspecified atom stereocenters. The highest BCUT2D eigenvalue weighted by molar-refractivity contribution is 7.09. The van der Waals surface area contributed by atoms with Gasteiger partial charge >= 0.3 is 0 Å². The first kappa shape index (κ1) is 17.0. The Balaban J connectivity index is 1.48. The molecule has 1 atom stereocenters. The van der Waals surface area contributed by atoms with Crippen molar-refractivity contribution in [3.63, 3.8) is 0 Å². The van der Waals surface area contributed by atoms with Crippen molar-refractivity contribution < 1.29 is 9.18 Å². The molecule has 0 bridgehead atoms. The molecule has 8 nitrogen and oxygen atoms in total. The molecule has 1 aromatic carbocycles. The molecule has 0 spiro atoms. The minimum Gasteiger partial charge on any atom is -0.361 e. The molecule has 4 aromatic rings. The van der Waals surface area contributed by atoms with Gasteiger partial charge in [-0.05, 0) is 43.6 Å². The van der Waals surface area contributed by atoms with Gasteiger partial charge < -0.3 is 14.5 Å². The Kier molecular flexibility index (Phi) is 3.76. The van der Waals surface area contributed by atoms with E-state index in [0.29, 0.717) is 52.0 Å². The largest absolute Gasteiger partial charge is 0.361 e. The molecule has 28 heavy (non-hydrogen) atoms. The fourth-order valence-electron chi connectivity index (χ4n) is 3.62. The number of fused-ring (bicyclic) bond motifs is 2. The third-order valence-electron chi connectivity index (χ3n) is 5.03. The van der Waals surface area contributed by atoms with Crippen LogP contribution in [0.4, 0.5) is 4.39 Å². The van der Waals surface area contributed by atoms with Gasteiger partial charge in [-0.15, -0.1) is 10.2 Å². The van der Waals surface area contributed by atoms with Crippen molar-refractivity contribution in [2.75, 3.05) is 6.54 Å². The zero-order chi connectivity index (χ0) is 19.4.